The summed E-state index contributed by atoms with van der Waals surface area (Å²) in [4.78, 5) is 21.5. The molecule has 0 saturated carbocycles. The lowest BCUT2D eigenvalue weighted by atomic mass is 10.1. The summed E-state index contributed by atoms with van der Waals surface area (Å²) in [6.45, 7) is 1.88. The van der Waals surface area contributed by atoms with Crippen LogP contribution >= 0.6 is 11.8 Å². The molecule has 34 heavy (non-hydrogen) atoms. The molecule has 6 nitrogen and oxygen atoms in total. The highest BCUT2D eigenvalue weighted by Crippen LogP contribution is 2.28. The number of aromatic nitrogens is 3. The van der Waals surface area contributed by atoms with Gasteiger partial charge in [0.25, 0.3) is 5.91 Å². The number of hydrogen-bond acceptors (Lipinski definition) is 5. The molecule has 2 aromatic carbocycles. The van der Waals surface area contributed by atoms with E-state index in [0.717, 1.165) is 41.2 Å². The molecule has 174 valence electrons. The third kappa shape index (κ3) is 5.13. The number of amides is 1. The first-order valence-electron chi connectivity index (χ1n) is 11.3. The Morgan fingerprint density at radius 3 is 2.82 bits per heavy atom. The monoisotopic (exact) mass is 476 g/mol. The van der Waals surface area contributed by atoms with Crippen molar-refractivity contribution in [1.29, 1.82) is 0 Å². The second-order valence-corrected chi connectivity index (χ2v) is 9.21. The number of carbonyl (C=O) groups excluding carboxylic acids is 1. The number of pyridine rings is 1. The van der Waals surface area contributed by atoms with Crippen LogP contribution in [0.1, 0.15) is 34.3 Å². The molecule has 1 aliphatic rings. The first kappa shape index (κ1) is 22.6. The number of carbonyl (C=O) groups is 1. The molecular weight excluding hydrogens is 451 g/mol. The number of thioether (sulfide) groups is 1. The van der Waals surface area contributed by atoms with E-state index in [9.17, 15) is 9.18 Å². The Kier molecular flexibility index (Phi) is 6.87. The minimum Gasteiger partial charge on any atom is -0.376 e. The number of nitrogens with zero attached hydrogens (tertiary/aromatic N) is 3. The van der Waals surface area contributed by atoms with E-state index in [2.05, 4.69) is 14.9 Å². The number of benzene rings is 2. The van der Waals surface area contributed by atoms with Gasteiger partial charge in [0.2, 0.25) is 0 Å². The summed E-state index contributed by atoms with van der Waals surface area (Å²) in [7, 11) is 0. The molecule has 1 N–H and O–H groups in total. The van der Waals surface area contributed by atoms with E-state index in [1.165, 1.54) is 17.8 Å². The van der Waals surface area contributed by atoms with Crippen LogP contribution in [0.3, 0.4) is 0 Å². The van der Waals surface area contributed by atoms with Crippen molar-refractivity contribution < 1.29 is 13.9 Å². The number of imidazole rings is 1. The number of halogens is 1. The molecular formula is C26H25FN4O2S. The maximum absolute atomic E-state index is 14.1. The smallest absolute Gasteiger partial charge is 0.251 e. The quantitative estimate of drug-likeness (QED) is 0.369. The van der Waals surface area contributed by atoms with Crippen LogP contribution in [0.2, 0.25) is 0 Å². The fraction of sp³-hybridized carbons (Fsp3) is 0.269. The van der Waals surface area contributed by atoms with Gasteiger partial charge in [0.1, 0.15) is 5.82 Å². The van der Waals surface area contributed by atoms with Gasteiger partial charge in [0.05, 0.1) is 29.9 Å². The third-order valence-electron chi connectivity index (χ3n) is 5.90. The van der Waals surface area contributed by atoms with E-state index < -0.39 is 0 Å². The summed E-state index contributed by atoms with van der Waals surface area (Å²) in [6.07, 6.45) is 5.67. The van der Waals surface area contributed by atoms with E-state index in [0.29, 0.717) is 30.0 Å². The average Bonchev–Trinajstić information content (AvgIpc) is 3.51. The van der Waals surface area contributed by atoms with Crippen LogP contribution in [-0.4, -0.2) is 39.7 Å². The van der Waals surface area contributed by atoms with E-state index >= 15 is 0 Å². The Hall–Kier alpha value is -3.23. The Bertz CT molecular complexity index is 1290. The van der Waals surface area contributed by atoms with Crippen molar-refractivity contribution >= 4 is 28.7 Å². The van der Waals surface area contributed by atoms with Crippen LogP contribution in [0.5, 0.6) is 0 Å². The highest BCUT2D eigenvalue weighted by Gasteiger charge is 2.17. The maximum Gasteiger partial charge on any atom is 0.251 e. The fourth-order valence-corrected chi connectivity index (χ4v) is 5.03. The van der Waals surface area contributed by atoms with Crippen LogP contribution in [0.15, 0.2) is 72.1 Å². The average molecular weight is 477 g/mol. The van der Waals surface area contributed by atoms with Crippen LogP contribution in [-0.2, 0) is 17.0 Å². The van der Waals surface area contributed by atoms with Gasteiger partial charge in [-0.1, -0.05) is 42.1 Å². The van der Waals surface area contributed by atoms with Gasteiger partial charge in [-0.05, 0) is 48.2 Å². The number of fused-ring (bicyclic) bond motifs is 1. The topological polar surface area (TPSA) is 69.0 Å². The predicted octanol–water partition coefficient (Wildman–Crippen LogP) is 4.82. The van der Waals surface area contributed by atoms with E-state index in [4.69, 9.17) is 9.72 Å². The molecule has 1 aliphatic heterocycles. The molecule has 1 amide bonds. The predicted molar refractivity (Wildman–Crippen MR) is 130 cm³/mol. The first-order valence-corrected chi connectivity index (χ1v) is 12.3. The molecule has 1 unspecified atom stereocenters. The molecule has 0 aliphatic carbocycles. The van der Waals surface area contributed by atoms with E-state index in [-0.39, 0.29) is 17.8 Å². The highest BCUT2D eigenvalue weighted by molar-refractivity contribution is 7.98. The van der Waals surface area contributed by atoms with Gasteiger partial charge >= 0.3 is 0 Å². The molecule has 0 bridgehead atoms. The van der Waals surface area contributed by atoms with Gasteiger partial charge in [0, 0.05) is 30.7 Å². The maximum atomic E-state index is 14.1. The molecule has 1 atom stereocenters. The molecule has 0 spiro atoms. The number of hydrogen-bond donors (Lipinski definition) is 1. The zero-order chi connectivity index (χ0) is 23.3. The van der Waals surface area contributed by atoms with Gasteiger partial charge in [0.15, 0.2) is 5.16 Å². The van der Waals surface area contributed by atoms with Gasteiger partial charge < -0.3 is 14.6 Å². The fourth-order valence-electron chi connectivity index (χ4n) is 4.03. The zero-order valence-corrected chi connectivity index (χ0v) is 19.4. The van der Waals surface area contributed by atoms with Crippen molar-refractivity contribution in [3.8, 4) is 0 Å². The lowest BCUT2D eigenvalue weighted by molar-refractivity contribution is 0.0858. The Labute approximate surface area is 201 Å². The summed E-state index contributed by atoms with van der Waals surface area (Å²) < 4.78 is 21.8. The molecule has 5 rings (SSSR count). The van der Waals surface area contributed by atoms with Gasteiger partial charge in [-0.15, -0.1) is 0 Å². The second-order valence-electron chi connectivity index (χ2n) is 8.27. The summed E-state index contributed by atoms with van der Waals surface area (Å²) in [5.41, 5.74) is 4.05. The Morgan fingerprint density at radius 2 is 2.03 bits per heavy atom. The molecule has 8 heteroatoms. The second kappa shape index (κ2) is 10.4. The molecule has 4 aromatic rings. The number of ether oxygens (including phenoxy) is 1. The highest BCUT2D eigenvalue weighted by atomic mass is 32.2. The van der Waals surface area contributed by atoms with Crippen molar-refractivity contribution in [2.45, 2.75) is 36.4 Å². The normalized spacial score (nSPS) is 15.6. The minimum atomic E-state index is -0.215. The molecule has 1 fully saturated rings. The Morgan fingerprint density at radius 1 is 1.18 bits per heavy atom. The van der Waals surface area contributed by atoms with E-state index in [1.54, 1.807) is 24.5 Å². The summed E-state index contributed by atoms with van der Waals surface area (Å²) in [6, 6.07) is 16.2. The molecule has 1 saturated heterocycles. The van der Waals surface area contributed by atoms with Gasteiger partial charge in [-0.3, -0.25) is 9.78 Å². The van der Waals surface area contributed by atoms with Crippen LogP contribution in [0, 0.1) is 5.82 Å². The van der Waals surface area contributed by atoms with Gasteiger partial charge in [-0.25, -0.2) is 9.37 Å². The number of nitrogens with one attached hydrogen (secondary N) is 1. The summed E-state index contributed by atoms with van der Waals surface area (Å²) in [5, 5.41) is 3.75. The van der Waals surface area contributed by atoms with Crippen LogP contribution in [0.4, 0.5) is 4.39 Å². The van der Waals surface area contributed by atoms with Crippen molar-refractivity contribution in [2.24, 2.45) is 0 Å². The largest absolute Gasteiger partial charge is 0.376 e. The molecule has 0 radical (unpaired) electrons. The Balaban J connectivity index is 1.31. The minimum absolute atomic E-state index is 0.0968. The number of rotatable bonds is 8. The SMILES string of the molecule is O=C(NCC1CCCO1)c1ccc(Cn2c(SCc3ccccc3F)nc3ccncc32)cc1. The first-order chi connectivity index (χ1) is 16.7. The summed E-state index contributed by atoms with van der Waals surface area (Å²) in [5.74, 6) is 0.168. The zero-order valence-electron chi connectivity index (χ0n) is 18.6. The van der Waals surface area contributed by atoms with Crippen LogP contribution < -0.4 is 5.32 Å². The molecule has 3 heterocycles. The standard InChI is InChI=1S/C26H25FN4O2S/c27-22-6-2-1-4-20(22)17-34-26-30-23-11-12-28-15-24(23)31(26)16-18-7-9-19(10-8-18)25(32)29-14-21-5-3-13-33-21/h1-2,4,6-12,15,21H,3,5,13-14,16-17H2,(H,29,32). The van der Waals surface area contributed by atoms with Crippen molar-refractivity contribution in [3.05, 3.63) is 89.5 Å². The van der Waals surface area contributed by atoms with Crippen LogP contribution in [0.25, 0.3) is 11.0 Å². The lowest BCUT2D eigenvalue weighted by Crippen LogP contribution is -2.31. The van der Waals surface area contributed by atoms with Crippen molar-refractivity contribution in [2.75, 3.05) is 13.2 Å². The third-order valence-corrected chi connectivity index (χ3v) is 6.93. The van der Waals surface area contributed by atoms with Crippen molar-refractivity contribution in [1.82, 2.24) is 19.9 Å². The van der Waals surface area contributed by atoms with Gasteiger partial charge in [-0.2, -0.15) is 0 Å². The lowest BCUT2D eigenvalue weighted by Gasteiger charge is -2.12. The van der Waals surface area contributed by atoms with E-state index in [1.807, 2.05) is 36.4 Å². The summed E-state index contributed by atoms with van der Waals surface area (Å²) >= 11 is 1.49. The molecule has 2 aromatic heterocycles. The van der Waals surface area contributed by atoms with Crippen molar-refractivity contribution in [3.63, 3.8) is 0 Å².